The molecule has 0 radical (unpaired) electrons. The zero-order valence-electron chi connectivity index (χ0n) is 10.5. The molecule has 0 unspecified atom stereocenters. The van der Waals surface area contributed by atoms with E-state index < -0.39 is 0 Å². The summed E-state index contributed by atoms with van der Waals surface area (Å²) in [7, 11) is 0. The summed E-state index contributed by atoms with van der Waals surface area (Å²) < 4.78 is 5.19. The summed E-state index contributed by atoms with van der Waals surface area (Å²) in [5, 5.41) is 0. The molecular weight excluding hydrogens is 214 g/mol. The largest absolute Gasteiger partial charge is 0.461 e. The Morgan fingerprint density at radius 2 is 2.18 bits per heavy atom. The van der Waals surface area contributed by atoms with Gasteiger partial charge >= 0.3 is 5.97 Å². The van der Waals surface area contributed by atoms with E-state index in [-0.39, 0.29) is 17.3 Å². The molecule has 1 saturated carbocycles. The molecule has 3 nitrogen and oxygen atoms in total. The fourth-order valence-electron chi connectivity index (χ4n) is 1.92. The Kier molecular flexibility index (Phi) is 2.86. The van der Waals surface area contributed by atoms with Gasteiger partial charge in [-0.2, -0.15) is 0 Å². The third-order valence-electron chi connectivity index (χ3n) is 3.63. The molecule has 0 atom stereocenters. The highest BCUT2D eigenvalue weighted by molar-refractivity contribution is 5.95. The van der Waals surface area contributed by atoms with E-state index in [0.717, 1.165) is 24.1 Å². The molecule has 2 rings (SSSR count). The molecular formula is C14H19NO2. The van der Waals surface area contributed by atoms with Gasteiger partial charge in [-0.1, -0.05) is 20.4 Å². The zero-order chi connectivity index (χ0) is 12.6. The molecule has 1 spiro atoms. The van der Waals surface area contributed by atoms with Crippen molar-refractivity contribution < 1.29 is 9.53 Å². The van der Waals surface area contributed by atoms with Crippen molar-refractivity contribution in [3.63, 3.8) is 0 Å². The van der Waals surface area contributed by atoms with Gasteiger partial charge in [0.25, 0.3) is 0 Å². The van der Waals surface area contributed by atoms with Crippen molar-refractivity contribution in [3.8, 4) is 0 Å². The smallest absolute Gasteiger partial charge is 0.338 e. The van der Waals surface area contributed by atoms with Crippen LogP contribution in [0.25, 0.3) is 0 Å². The van der Waals surface area contributed by atoms with Gasteiger partial charge in [-0.25, -0.2) is 4.79 Å². The zero-order valence-corrected chi connectivity index (χ0v) is 10.5. The van der Waals surface area contributed by atoms with Crippen molar-refractivity contribution in [2.45, 2.75) is 26.7 Å². The molecule has 3 heteroatoms. The van der Waals surface area contributed by atoms with Crippen LogP contribution in [0.2, 0.25) is 0 Å². The second-order valence-electron chi connectivity index (χ2n) is 5.24. The maximum absolute atomic E-state index is 11.7. The number of cyclic esters (lactones) is 1. The number of hydrogen-bond donors (Lipinski definition) is 1. The predicted molar refractivity (Wildman–Crippen MR) is 67.0 cm³/mol. The Hall–Kier alpha value is -1.51. The summed E-state index contributed by atoms with van der Waals surface area (Å²) in [6.45, 7) is 8.57. The molecule has 0 amide bonds. The first kappa shape index (κ1) is 12.0. The molecule has 1 saturated heterocycles. The third-order valence-corrected chi connectivity index (χ3v) is 3.63. The van der Waals surface area contributed by atoms with Crippen LogP contribution in [-0.4, -0.2) is 12.6 Å². The first-order chi connectivity index (χ1) is 7.96. The molecule has 17 heavy (non-hydrogen) atoms. The van der Waals surface area contributed by atoms with E-state index in [4.69, 9.17) is 10.5 Å². The van der Waals surface area contributed by atoms with Crippen LogP contribution in [0.3, 0.4) is 0 Å². The maximum atomic E-state index is 11.7. The molecule has 2 aliphatic rings. The number of esters is 1. The standard InChI is InChI=1S/C14H19NO2/c1-9(2)12(15)5-4-11-10(3)14(6-7-14)8-17-13(11)16/h4-5,9H,3,6-8,15H2,1-2H3/b11-4+,12-5+. The Bertz CT molecular complexity index is 426. The molecule has 0 aromatic heterocycles. The van der Waals surface area contributed by atoms with Crippen molar-refractivity contribution in [1.82, 2.24) is 0 Å². The maximum Gasteiger partial charge on any atom is 0.338 e. The van der Waals surface area contributed by atoms with E-state index in [1.54, 1.807) is 12.2 Å². The van der Waals surface area contributed by atoms with Gasteiger partial charge in [-0.05, 0) is 36.5 Å². The van der Waals surface area contributed by atoms with Crippen molar-refractivity contribution in [1.29, 1.82) is 0 Å². The molecule has 1 heterocycles. The minimum Gasteiger partial charge on any atom is -0.461 e. The summed E-state index contributed by atoms with van der Waals surface area (Å²) in [4.78, 5) is 11.7. The van der Waals surface area contributed by atoms with Gasteiger partial charge < -0.3 is 10.5 Å². The molecule has 1 aliphatic carbocycles. The van der Waals surface area contributed by atoms with Crippen LogP contribution in [0, 0.1) is 11.3 Å². The van der Waals surface area contributed by atoms with Gasteiger partial charge in [0.05, 0.1) is 5.57 Å². The van der Waals surface area contributed by atoms with Gasteiger partial charge in [0, 0.05) is 11.1 Å². The van der Waals surface area contributed by atoms with Crippen LogP contribution < -0.4 is 5.73 Å². The van der Waals surface area contributed by atoms with Crippen LogP contribution in [0.5, 0.6) is 0 Å². The lowest BCUT2D eigenvalue weighted by atomic mass is 9.88. The van der Waals surface area contributed by atoms with Crippen LogP contribution in [-0.2, 0) is 9.53 Å². The lowest BCUT2D eigenvalue weighted by molar-refractivity contribution is -0.142. The number of allylic oxidation sites excluding steroid dienone is 3. The second-order valence-corrected chi connectivity index (χ2v) is 5.24. The van der Waals surface area contributed by atoms with Gasteiger partial charge in [-0.15, -0.1) is 0 Å². The van der Waals surface area contributed by atoms with Crippen LogP contribution in [0.4, 0.5) is 0 Å². The normalized spacial score (nSPS) is 25.6. The Balaban J connectivity index is 2.23. The summed E-state index contributed by atoms with van der Waals surface area (Å²) in [5.41, 5.74) is 8.14. The number of carbonyl (C=O) groups is 1. The SMILES string of the molecule is C=C1/C(=C\C=C(\N)C(C)C)C(=O)OCC12CC2. The predicted octanol–water partition coefficient (Wildman–Crippen LogP) is 2.30. The minimum atomic E-state index is -0.277. The van der Waals surface area contributed by atoms with E-state index in [1.807, 2.05) is 13.8 Å². The lowest BCUT2D eigenvalue weighted by Crippen LogP contribution is -2.27. The molecule has 2 N–H and O–H groups in total. The first-order valence-electron chi connectivity index (χ1n) is 6.00. The van der Waals surface area contributed by atoms with Crippen LogP contribution in [0.1, 0.15) is 26.7 Å². The molecule has 92 valence electrons. The van der Waals surface area contributed by atoms with E-state index in [9.17, 15) is 4.79 Å². The van der Waals surface area contributed by atoms with Gasteiger partial charge in [-0.3, -0.25) is 0 Å². The Labute approximate surface area is 102 Å². The summed E-state index contributed by atoms with van der Waals surface area (Å²) in [6, 6.07) is 0. The molecule has 1 aliphatic heterocycles. The summed E-state index contributed by atoms with van der Waals surface area (Å²) in [6.07, 6.45) is 5.67. The van der Waals surface area contributed by atoms with Crippen molar-refractivity contribution in [3.05, 3.63) is 35.6 Å². The van der Waals surface area contributed by atoms with Gasteiger partial charge in [0.15, 0.2) is 0 Å². The Morgan fingerprint density at radius 3 is 2.71 bits per heavy atom. The van der Waals surface area contributed by atoms with E-state index in [0.29, 0.717) is 12.2 Å². The van der Waals surface area contributed by atoms with Crippen LogP contribution in [0.15, 0.2) is 35.6 Å². The fourth-order valence-corrected chi connectivity index (χ4v) is 1.92. The number of rotatable bonds is 2. The lowest BCUT2D eigenvalue weighted by Gasteiger charge is -2.25. The minimum absolute atomic E-state index is 0.0418. The number of ether oxygens (including phenoxy) is 1. The molecule has 0 aromatic carbocycles. The monoisotopic (exact) mass is 233 g/mol. The highest BCUT2D eigenvalue weighted by atomic mass is 16.5. The average molecular weight is 233 g/mol. The highest BCUT2D eigenvalue weighted by Crippen LogP contribution is 2.55. The first-order valence-corrected chi connectivity index (χ1v) is 6.00. The van der Waals surface area contributed by atoms with Crippen molar-refractivity contribution >= 4 is 5.97 Å². The number of hydrogen-bond acceptors (Lipinski definition) is 3. The molecule has 0 bridgehead atoms. The van der Waals surface area contributed by atoms with Gasteiger partial charge in [0.1, 0.15) is 6.61 Å². The molecule has 0 aromatic rings. The van der Waals surface area contributed by atoms with Crippen LogP contribution >= 0.6 is 0 Å². The van der Waals surface area contributed by atoms with Gasteiger partial charge in [0.2, 0.25) is 0 Å². The fraction of sp³-hybridized carbons (Fsp3) is 0.500. The summed E-state index contributed by atoms with van der Waals surface area (Å²) >= 11 is 0. The Morgan fingerprint density at radius 1 is 1.53 bits per heavy atom. The topological polar surface area (TPSA) is 52.3 Å². The van der Waals surface area contributed by atoms with E-state index in [1.165, 1.54) is 0 Å². The average Bonchev–Trinajstić information content (AvgIpc) is 3.05. The number of carbonyl (C=O) groups excluding carboxylic acids is 1. The summed E-state index contributed by atoms with van der Waals surface area (Å²) in [5.74, 6) is -0.00468. The van der Waals surface area contributed by atoms with Crippen molar-refractivity contribution in [2.75, 3.05) is 6.61 Å². The number of nitrogens with two attached hydrogens (primary N) is 1. The quantitative estimate of drug-likeness (QED) is 0.588. The third kappa shape index (κ3) is 2.14. The highest BCUT2D eigenvalue weighted by Gasteiger charge is 2.51. The van der Waals surface area contributed by atoms with Crippen molar-refractivity contribution in [2.24, 2.45) is 17.1 Å². The van der Waals surface area contributed by atoms with E-state index >= 15 is 0 Å². The van der Waals surface area contributed by atoms with E-state index in [2.05, 4.69) is 6.58 Å². The second kappa shape index (κ2) is 4.06. The molecule has 2 fully saturated rings.